The summed E-state index contributed by atoms with van der Waals surface area (Å²) in [5.74, 6) is 5.88. The number of nitrogens with one attached hydrogen (secondary N) is 1. The molecule has 0 fully saturated rings. The Kier molecular flexibility index (Phi) is 5.17. The first kappa shape index (κ1) is 17.2. The summed E-state index contributed by atoms with van der Waals surface area (Å²) in [6.07, 6.45) is 0.313. The number of hydrogen-bond donors (Lipinski definition) is 1. The number of rotatable bonds is 2. The van der Waals surface area contributed by atoms with Gasteiger partial charge in [0.05, 0.1) is 12.1 Å². The number of aromatic nitrogens is 2. The van der Waals surface area contributed by atoms with Gasteiger partial charge in [0, 0.05) is 5.56 Å². The Morgan fingerprint density at radius 2 is 2.17 bits per heavy atom. The van der Waals surface area contributed by atoms with Crippen molar-refractivity contribution in [3.63, 3.8) is 0 Å². The first-order chi connectivity index (χ1) is 10.8. The zero-order valence-electron chi connectivity index (χ0n) is 13.7. The average molecular weight is 334 g/mol. The van der Waals surface area contributed by atoms with Gasteiger partial charge in [-0.15, -0.1) is 0 Å². The van der Waals surface area contributed by atoms with Gasteiger partial charge in [-0.25, -0.2) is 9.31 Å². The van der Waals surface area contributed by atoms with E-state index in [0.717, 1.165) is 17.5 Å². The van der Waals surface area contributed by atoms with Crippen molar-refractivity contribution in [3.05, 3.63) is 34.6 Å². The third kappa shape index (κ3) is 4.40. The Labute approximate surface area is 141 Å². The van der Waals surface area contributed by atoms with Crippen LogP contribution in [0.4, 0.5) is 4.79 Å². The standard InChI is InChI=1S/C17H20ClN3O2/c1-5-12-13(20-21-14(12)9-6-10-15(21)18)8-7-11-19-16(22)23-17(2,3)4/h6,9-10H,5,11H2,1-4H3,(H,19,22). The SMILES string of the molecule is CCc1c(C#CCNC(=O)OC(C)(C)C)nn2c(Cl)cccc12. The summed E-state index contributed by atoms with van der Waals surface area (Å²) in [5.41, 5.74) is 2.14. The van der Waals surface area contributed by atoms with Gasteiger partial charge >= 0.3 is 6.09 Å². The van der Waals surface area contributed by atoms with Crippen molar-refractivity contribution < 1.29 is 9.53 Å². The molecule has 1 N–H and O–H groups in total. The molecule has 0 radical (unpaired) electrons. The van der Waals surface area contributed by atoms with Crippen LogP contribution in [0.1, 0.15) is 39.0 Å². The molecule has 0 aliphatic heterocycles. The lowest BCUT2D eigenvalue weighted by molar-refractivity contribution is 0.0535. The number of halogens is 1. The maximum absolute atomic E-state index is 11.5. The second-order valence-electron chi connectivity index (χ2n) is 5.98. The monoisotopic (exact) mass is 333 g/mol. The van der Waals surface area contributed by atoms with Crippen LogP contribution in [-0.2, 0) is 11.2 Å². The molecule has 0 aliphatic carbocycles. The number of carbonyl (C=O) groups is 1. The summed E-state index contributed by atoms with van der Waals surface area (Å²) in [6, 6.07) is 5.63. The molecule has 6 heteroatoms. The van der Waals surface area contributed by atoms with Crippen LogP contribution in [0.3, 0.4) is 0 Å². The number of carbonyl (C=O) groups excluding carboxylic acids is 1. The van der Waals surface area contributed by atoms with Gasteiger partial charge in [-0.05, 0) is 45.2 Å². The highest BCUT2D eigenvalue weighted by Gasteiger charge is 2.15. The molecule has 122 valence electrons. The number of ether oxygens (including phenoxy) is 1. The van der Waals surface area contributed by atoms with Crippen molar-refractivity contribution >= 4 is 23.2 Å². The molecule has 0 atom stereocenters. The summed E-state index contributed by atoms with van der Waals surface area (Å²) < 4.78 is 6.82. The van der Waals surface area contributed by atoms with Gasteiger partial charge in [0.15, 0.2) is 0 Å². The molecule has 0 bridgehead atoms. The number of fused-ring (bicyclic) bond motifs is 1. The summed E-state index contributed by atoms with van der Waals surface area (Å²) in [5, 5.41) is 7.56. The number of pyridine rings is 1. The molecule has 1 amide bonds. The molecule has 0 saturated carbocycles. The predicted molar refractivity (Wildman–Crippen MR) is 90.7 cm³/mol. The second-order valence-corrected chi connectivity index (χ2v) is 6.37. The molecule has 5 nitrogen and oxygen atoms in total. The molecule has 0 unspecified atom stereocenters. The Bertz CT molecular complexity index is 779. The van der Waals surface area contributed by atoms with Crippen molar-refractivity contribution in [1.29, 1.82) is 0 Å². The molecule has 2 rings (SSSR count). The van der Waals surface area contributed by atoms with Crippen molar-refractivity contribution in [1.82, 2.24) is 14.9 Å². The van der Waals surface area contributed by atoms with Crippen molar-refractivity contribution in [2.75, 3.05) is 6.54 Å². The lowest BCUT2D eigenvalue weighted by atomic mass is 10.1. The van der Waals surface area contributed by atoms with E-state index in [1.54, 1.807) is 10.6 Å². The van der Waals surface area contributed by atoms with Gasteiger partial charge in [0.2, 0.25) is 0 Å². The van der Waals surface area contributed by atoms with Gasteiger partial charge < -0.3 is 10.1 Å². The molecule has 0 aromatic carbocycles. The molecule has 2 aromatic rings. The van der Waals surface area contributed by atoms with E-state index in [1.165, 1.54) is 0 Å². The predicted octanol–water partition coefficient (Wildman–Crippen LogP) is 3.43. The maximum atomic E-state index is 11.5. The van der Waals surface area contributed by atoms with E-state index in [1.807, 2.05) is 39.8 Å². The van der Waals surface area contributed by atoms with Gasteiger partial charge in [0.25, 0.3) is 0 Å². The van der Waals surface area contributed by atoms with E-state index in [0.29, 0.717) is 10.8 Å². The highest BCUT2D eigenvalue weighted by atomic mass is 35.5. The molecular weight excluding hydrogens is 314 g/mol. The fraction of sp³-hybridized carbons (Fsp3) is 0.412. The first-order valence-electron chi connectivity index (χ1n) is 7.43. The summed E-state index contributed by atoms with van der Waals surface area (Å²) in [7, 11) is 0. The van der Waals surface area contributed by atoms with Crippen LogP contribution in [0, 0.1) is 11.8 Å². The maximum Gasteiger partial charge on any atom is 0.408 e. The van der Waals surface area contributed by atoms with Crippen molar-refractivity contribution in [2.24, 2.45) is 0 Å². The van der Waals surface area contributed by atoms with Gasteiger partial charge in [-0.1, -0.05) is 30.5 Å². The van der Waals surface area contributed by atoms with E-state index in [-0.39, 0.29) is 6.54 Å². The van der Waals surface area contributed by atoms with E-state index in [4.69, 9.17) is 16.3 Å². The number of alkyl carbamates (subject to hydrolysis) is 1. The van der Waals surface area contributed by atoms with Crippen LogP contribution >= 0.6 is 11.6 Å². The first-order valence-corrected chi connectivity index (χ1v) is 7.81. The van der Waals surface area contributed by atoms with Crippen LogP contribution in [0.25, 0.3) is 5.52 Å². The van der Waals surface area contributed by atoms with Crippen LogP contribution < -0.4 is 5.32 Å². The summed E-state index contributed by atoms with van der Waals surface area (Å²) >= 11 is 6.14. The minimum Gasteiger partial charge on any atom is -0.444 e. The molecule has 0 aliphatic rings. The topological polar surface area (TPSA) is 55.6 Å². The van der Waals surface area contributed by atoms with Gasteiger partial charge in [-0.2, -0.15) is 5.10 Å². The van der Waals surface area contributed by atoms with Gasteiger partial charge in [0.1, 0.15) is 16.4 Å². The largest absolute Gasteiger partial charge is 0.444 e. The zero-order chi connectivity index (χ0) is 17.0. The quantitative estimate of drug-likeness (QED) is 0.676. The number of aryl methyl sites for hydroxylation is 1. The zero-order valence-corrected chi connectivity index (χ0v) is 14.5. The third-order valence-electron chi connectivity index (χ3n) is 2.99. The smallest absolute Gasteiger partial charge is 0.408 e. The summed E-state index contributed by atoms with van der Waals surface area (Å²) in [6.45, 7) is 7.67. The molecule has 2 aromatic heterocycles. The Balaban J connectivity index is 2.11. The fourth-order valence-corrected chi connectivity index (χ4v) is 2.30. The lowest BCUT2D eigenvalue weighted by Gasteiger charge is -2.18. The van der Waals surface area contributed by atoms with E-state index in [2.05, 4.69) is 22.3 Å². The number of amides is 1. The van der Waals surface area contributed by atoms with Crippen LogP contribution in [0.5, 0.6) is 0 Å². The molecule has 23 heavy (non-hydrogen) atoms. The normalized spacial score (nSPS) is 11.0. The number of hydrogen-bond acceptors (Lipinski definition) is 3. The number of nitrogens with zero attached hydrogens (tertiary/aromatic N) is 2. The van der Waals surface area contributed by atoms with E-state index in [9.17, 15) is 4.79 Å². The van der Waals surface area contributed by atoms with E-state index >= 15 is 0 Å². The van der Waals surface area contributed by atoms with Crippen LogP contribution in [0.15, 0.2) is 18.2 Å². The van der Waals surface area contributed by atoms with Crippen molar-refractivity contribution in [2.45, 2.75) is 39.7 Å². The molecule has 0 saturated heterocycles. The Hall–Kier alpha value is -2.19. The lowest BCUT2D eigenvalue weighted by Crippen LogP contribution is -2.32. The average Bonchev–Trinajstić information content (AvgIpc) is 2.81. The second kappa shape index (κ2) is 6.93. The minimum absolute atomic E-state index is 0.194. The minimum atomic E-state index is -0.523. The van der Waals surface area contributed by atoms with Crippen LogP contribution in [0.2, 0.25) is 5.15 Å². The third-order valence-corrected chi connectivity index (χ3v) is 3.28. The summed E-state index contributed by atoms with van der Waals surface area (Å²) in [4.78, 5) is 11.5. The van der Waals surface area contributed by atoms with Gasteiger partial charge in [-0.3, -0.25) is 0 Å². The Morgan fingerprint density at radius 1 is 1.43 bits per heavy atom. The Morgan fingerprint density at radius 3 is 2.83 bits per heavy atom. The highest BCUT2D eigenvalue weighted by molar-refractivity contribution is 6.29. The van der Waals surface area contributed by atoms with Crippen molar-refractivity contribution in [3.8, 4) is 11.8 Å². The molecule has 2 heterocycles. The highest BCUT2D eigenvalue weighted by Crippen LogP contribution is 2.19. The molecule has 0 spiro atoms. The van der Waals surface area contributed by atoms with E-state index < -0.39 is 11.7 Å². The fourth-order valence-electron chi connectivity index (χ4n) is 2.09. The molecular formula is C17H20ClN3O2. The van der Waals surface area contributed by atoms with Crippen LogP contribution in [-0.4, -0.2) is 27.9 Å².